The van der Waals surface area contributed by atoms with Crippen LogP contribution in [0.3, 0.4) is 0 Å². The molecule has 4 rings (SSSR count). The van der Waals surface area contributed by atoms with Gasteiger partial charge in [0.15, 0.2) is 0 Å². The number of aromatic nitrogens is 2. The molecule has 0 saturated carbocycles. The van der Waals surface area contributed by atoms with Gasteiger partial charge in [-0.3, -0.25) is 19.7 Å². The van der Waals surface area contributed by atoms with Gasteiger partial charge in [-0.05, 0) is 18.1 Å². The first-order valence-electron chi connectivity index (χ1n) is 10.7. The molecule has 0 aliphatic rings. The summed E-state index contributed by atoms with van der Waals surface area (Å²) in [5, 5.41) is 18.6. The Bertz CT molecular complexity index is 1430. The molecule has 4 aromatic rings. The van der Waals surface area contributed by atoms with Gasteiger partial charge in [-0.25, -0.2) is 4.68 Å². The fourth-order valence-electron chi connectivity index (χ4n) is 3.83. The van der Waals surface area contributed by atoms with E-state index < -0.39 is 16.4 Å². The van der Waals surface area contributed by atoms with E-state index in [2.05, 4.69) is 10.4 Å². The molecule has 34 heavy (non-hydrogen) atoms. The second-order valence-corrected chi connectivity index (χ2v) is 7.67. The zero-order valence-corrected chi connectivity index (χ0v) is 18.7. The van der Waals surface area contributed by atoms with Crippen LogP contribution in [0.15, 0.2) is 83.7 Å². The quantitative estimate of drug-likeness (QED) is 0.331. The van der Waals surface area contributed by atoms with E-state index in [-0.39, 0.29) is 16.9 Å². The van der Waals surface area contributed by atoms with Gasteiger partial charge in [0.2, 0.25) is 0 Å². The number of nitro benzene ring substituents is 1. The molecule has 8 heteroatoms. The van der Waals surface area contributed by atoms with Gasteiger partial charge in [0.1, 0.15) is 5.56 Å². The predicted octanol–water partition coefficient (Wildman–Crippen LogP) is 4.84. The van der Waals surface area contributed by atoms with Gasteiger partial charge in [-0.15, -0.1) is 0 Å². The van der Waals surface area contributed by atoms with Crippen molar-refractivity contribution in [3.63, 3.8) is 0 Å². The Labute approximate surface area is 195 Å². The Morgan fingerprint density at radius 2 is 1.62 bits per heavy atom. The van der Waals surface area contributed by atoms with Crippen LogP contribution in [0.4, 0.5) is 11.4 Å². The summed E-state index contributed by atoms with van der Waals surface area (Å²) in [4.78, 5) is 37.6. The van der Waals surface area contributed by atoms with E-state index in [0.29, 0.717) is 28.8 Å². The number of carbonyl (C=O) groups is 1. The number of hydrogen-bond acceptors (Lipinski definition) is 5. The Morgan fingerprint density at radius 1 is 1.00 bits per heavy atom. The summed E-state index contributed by atoms with van der Waals surface area (Å²) < 4.78 is 1.13. The molecular formula is C26H22N4O4. The molecule has 8 nitrogen and oxygen atoms in total. The second kappa shape index (κ2) is 9.50. The van der Waals surface area contributed by atoms with Crippen LogP contribution in [-0.4, -0.2) is 20.6 Å². The first kappa shape index (κ1) is 22.6. The van der Waals surface area contributed by atoms with Crippen molar-refractivity contribution in [1.29, 1.82) is 0 Å². The third-order valence-electron chi connectivity index (χ3n) is 5.50. The summed E-state index contributed by atoms with van der Waals surface area (Å²) in [6.45, 7) is 1.82. The molecule has 0 radical (unpaired) electrons. The third-order valence-corrected chi connectivity index (χ3v) is 5.50. The summed E-state index contributed by atoms with van der Waals surface area (Å²) in [6, 6.07) is 22.9. The lowest BCUT2D eigenvalue weighted by Gasteiger charge is -2.16. The topological polar surface area (TPSA) is 107 Å². The molecule has 1 heterocycles. The summed E-state index contributed by atoms with van der Waals surface area (Å²) in [5.41, 5.74) is 2.31. The first-order chi connectivity index (χ1) is 16.4. The molecule has 0 saturated heterocycles. The Kier molecular flexibility index (Phi) is 6.31. The molecule has 170 valence electrons. The minimum absolute atomic E-state index is 0.0869. The SMILES string of the molecule is CCc1ccc(NC(=O)c2c(-c3ccccc3)c(-c3ccccc3)nn(C)c2=O)cc1[N+](=O)[O-]. The maximum absolute atomic E-state index is 13.5. The third kappa shape index (κ3) is 4.33. The molecule has 0 aliphatic carbocycles. The van der Waals surface area contributed by atoms with Crippen molar-refractivity contribution in [2.75, 3.05) is 5.32 Å². The highest BCUT2D eigenvalue weighted by Crippen LogP contribution is 2.32. The molecular weight excluding hydrogens is 432 g/mol. The van der Waals surface area contributed by atoms with E-state index in [1.54, 1.807) is 24.3 Å². The van der Waals surface area contributed by atoms with Gasteiger partial charge in [0.05, 0.1) is 10.6 Å². The van der Waals surface area contributed by atoms with E-state index in [1.807, 2.05) is 55.5 Å². The van der Waals surface area contributed by atoms with E-state index in [1.165, 1.54) is 13.1 Å². The minimum Gasteiger partial charge on any atom is -0.322 e. The molecule has 0 atom stereocenters. The van der Waals surface area contributed by atoms with E-state index in [0.717, 1.165) is 10.2 Å². The summed E-state index contributed by atoms with van der Waals surface area (Å²) in [5.74, 6) is -0.669. The van der Waals surface area contributed by atoms with Crippen LogP contribution in [0, 0.1) is 10.1 Å². The van der Waals surface area contributed by atoms with Gasteiger partial charge >= 0.3 is 0 Å². The fourth-order valence-corrected chi connectivity index (χ4v) is 3.83. The van der Waals surface area contributed by atoms with Crippen LogP contribution in [-0.2, 0) is 13.5 Å². The predicted molar refractivity (Wildman–Crippen MR) is 131 cm³/mol. The number of nitrogens with one attached hydrogen (secondary N) is 1. The molecule has 1 aromatic heterocycles. The number of amides is 1. The van der Waals surface area contributed by atoms with Crippen molar-refractivity contribution in [3.8, 4) is 22.4 Å². The smallest absolute Gasteiger partial charge is 0.280 e. The van der Waals surface area contributed by atoms with Crippen LogP contribution in [0.5, 0.6) is 0 Å². The van der Waals surface area contributed by atoms with Gasteiger partial charge in [0.25, 0.3) is 17.2 Å². The minimum atomic E-state index is -0.669. The van der Waals surface area contributed by atoms with Crippen molar-refractivity contribution < 1.29 is 9.72 Å². The Hall–Kier alpha value is -4.59. The standard InChI is InChI=1S/C26H22N4O4/c1-3-17-14-15-20(16-21(17)30(33)34)27-25(31)23-22(18-10-6-4-7-11-18)24(28-29(2)26(23)32)19-12-8-5-9-13-19/h4-16H,3H2,1-2H3,(H,27,31). The van der Waals surface area contributed by atoms with Gasteiger partial charge in [-0.2, -0.15) is 5.10 Å². The first-order valence-corrected chi connectivity index (χ1v) is 10.7. The van der Waals surface area contributed by atoms with Crippen molar-refractivity contribution in [1.82, 2.24) is 9.78 Å². The summed E-state index contributed by atoms with van der Waals surface area (Å²) in [7, 11) is 1.49. The van der Waals surface area contributed by atoms with Crippen molar-refractivity contribution in [2.45, 2.75) is 13.3 Å². The number of nitro groups is 1. The van der Waals surface area contributed by atoms with Crippen LogP contribution < -0.4 is 10.9 Å². The molecule has 0 aliphatic heterocycles. The maximum atomic E-state index is 13.5. The number of carbonyl (C=O) groups excluding carboxylic acids is 1. The van der Waals surface area contributed by atoms with Crippen molar-refractivity contribution in [3.05, 3.63) is 110 Å². The van der Waals surface area contributed by atoms with Crippen molar-refractivity contribution >= 4 is 17.3 Å². The highest BCUT2D eigenvalue weighted by molar-refractivity contribution is 6.10. The second-order valence-electron chi connectivity index (χ2n) is 7.67. The lowest BCUT2D eigenvalue weighted by atomic mass is 9.95. The van der Waals surface area contributed by atoms with Crippen LogP contribution in [0.2, 0.25) is 0 Å². The average molecular weight is 454 g/mol. The average Bonchev–Trinajstić information content (AvgIpc) is 2.86. The molecule has 0 spiro atoms. The lowest BCUT2D eigenvalue weighted by Crippen LogP contribution is -2.31. The van der Waals surface area contributed by atoms with Gasteiger partial charge in [0, 0.05) is 35.5 Å². The normalized spacial score (nSPS) is 10.6. The zero-order valence-electron chi connectivity index (χ0n) is 18.7. The maximum Gasteiger partial charge on any atom is 0.280 e. The van der Waals surface area contributed by atoms with Crippen LogP contribution >= 0.6 is 0 Å². The number of hydrogen-bond donors (Lipinski definition) is 1. The number of nitrogens with zero attached hydrogens (tertiary/aromatic N) is 3. The molecule has 0 unspecified atom stereocenters. The molecule has 3 aromatic carbocycles. The van der Waals surface area contributed by atoms with Crippen LogP contribution in [0.25, 0.3) is 22.4 Å². The Balaban J connectivity index is 1.90. The van der Waals surface area contributed by atoms with Crippen LogP contribution in [0.1, 0.15) is 22.8 Å². The number of aryl methyl sites for hydroxylation is 2. The highest BCUT2D eigenvalue weighted by Gasteiger charge is 2.25. The van der Waals surface area contributed by atoms with Gasteiger partial charge in [-0.1, -0.05) is 73.7 Å². The zero-order chi connectivity index (χ0) is 24.2. The fraction of sp³-hybridized carbons (Fsp3) is 0.115. The number of anilines is 1. The highest BCUT2D eigenvalue weighted by atomic mass is 16.6. The monoisotopic (exact) mass is 454 g/mol. The lowest BCUT2D eigenvalue weighted by molar-refractivity contribution is -0.385. The summed E-state index contributed by atoms with van der Waals surface area (Å²) in [6.07, 6.45) is 0.480. The number of benzene rings is 3. The van der Waals surface area contributed by atoms with E-state index in [9.17, 15) is 19.7 Å². The molecule has 0 bridgehead atoms. The molecule has 1 N–H and O–H groups in total. The van der Waals surface area contributed by atoms with Crippen molar-refractivity contribution in [2.24, 2.45) is 7.05 Å². The van der Waals surface area contributed by atoms with Gasteiger partial charge < -0.3 is 5.32 Å². The van der Waals surface area contributed by atoms with E-state index >= 15 is 0 Å². The number of rotatable bonds is 6. The molecule has 1 amide bonds. The Morgan fingerprint density at radius 3 is 2.21 bits per heavy atom. The van der Waals surface area contributed by atoms with E-state index in [4.69, 9.17) is 0 Å². The summed E-state index contributed by atoms with van der Waals surface area (Å²) >= 11 is 0. The molecule has 0 fully saturated rings. The largest absolute Gasteiger partial charge is 0.322 e.